The number of nitrogens with one attached hydrogen (secondary N) is 3. The molecular weight excluding hydrogens is 556 g/mol. The van der Waals surface area contributed by atoms with Crippen LogP contribution in [0.2, 0.25) is 0 Å². The number of carbonyl (C=O) groups excluding carboxylic acids is 1. The molecule has 3 heterocycles. The Labute approximate surface area is 257 Å². The average molecular weight is 595 g/mol. The number of hydrogen-bond acceptors (Lipinski definition) is 9. The third-order valence-corrected chi connectivity index (χ3v) is 7.82. The molecule has 1 fully saturated rings. The minimum atomic E-state index is -0.530. The second-order valence-corrected chi connectivity index (χ2v) is 11.0. The van der Waals surface area contributed by atoms with E-state index in [2.05, 4.69) is 37.1 Å². The summed E-state index contributed by atoms with van der Waals surface area (Å²) in [5.74, 6) is 1.42. The van der Waals surface area contributed by atoms with Crippen molar-refractivity contribution in [2.45, 2.75) is 63.8 Å². The van der Waals surface area contributed by atoms with Crippen LogP contribution in [0.25, 0.3) is 11.1 Å². The Morgan fingerprint density at radius 3 is 2.55 bits per heavy atom. The van der Waals surface area contributed by atoms with Crippen molar-refractivity contribution < 1.29 is 9.90 Å². The summed E-state index contributed by atoms with van der Waals surface area (Å²) in [6.07, 6.45) is 10.2. The quantitative estimate of drug-likeness (QED) is 0.197. The number of carbonyl (C=O) groups is 1. The summed E-state index contributed by atoms with van der Waals surface area (Å²) in [4.78, 5) is 29.0. The molecule has 1 saturated carbocycles. The van der Waals surface area contributed by atoms with Gasteiger partial charge in [0.15, 0.2) is 0 Å². The lowest BCUT2D eigenvalue weighted by atomic mass is 9.90. The molecule has 0 bridgehead atoms. The van der Waals surface area contributed by atoms with Crippen LogP contribution in [-0.2, 0) is 13.6 Å². The van der Waals surface area contributed by atoms with Crippen LogP contribution < -0.4 is 20.9 Å². The Bertz CT molecular complexity index is 1560. The number of urea groups is 1. The molecule has 0 aliphatic heterocycles. The normalized spacial score (nSPS) is 16.9. The number of nitriles is 1. The van der Waals surface area contributed by atoms with Crippen LogP contribution in [0.5, 0.6) is 0 Å². The van der Waals surface area contributed by atoms with E-state index >= 15 is 0 Å². The van der Waals surface area contributed by atoms with Crippen LogP contribution in [0.3, 0.4) is 0 Å². The van der Waals surface area contributed by atoms with Gasteiger partial charge in [-0.15, -0.1) is 0 Å². The lowest BCUT2D eigenvalue weighted by Gasteiger charge is -2.36. The van der Waals surface area contributed by atoms with Gasteiger partial charge in [0, 0.05) is 55.7 Å². The number of pyridine rings is 1. The van der Waals surface area contributed by atoms with Crippen molar-refractivity contribution in [3.63, 3.8) is 0 Å². The molecular formula is C32H38N10O2. The van der Waals surface area contributed by atoms with Gasteiger partial charge in [-0.1, -0.05) is 37.3 Å². The summed E-state index contributed by atoms with van der Waals surface area (Å²) in [7, 11) is 1.87. The van der Waals surface area contributed by atoms with Crippen molar-refractivity contribution in [3.05, 3.63) is 78.4 Å². The van der Waals surface area contributed by atoms with Gasteiger partial charge in [0.2, 0.25) is 5.95 Å². The monoisotopic (exact) mass is 594 g/mol. The van der Waals surface area contributed by atoms with Gasteiger partial charge < -0.3 is 21.1 Å². The third kappa shape index (κ3) is 7.67. The topological polar surface area (TPSA) is 157 Å². The van der Waals surface area contributed by atoms with Crippen LogP contribution in [-0.4, -0.2) is 60.6 Å². The highest BCUT2D eigenvalue weighted by atomic mass is 16.3. The SMILES string of the molecule is CCC(O)CNc1nc(NC2CCC(N(C(=O)NCc3ccccc3)c3ccc(-c4cnn(C)c4)cn3)CC2)ncc1C#N. The maximum Gasteiger partial charge on any atom is 0.323 e. The van der Waals surface area contributed by atoms with E-state index in [1.54, 1.807) is 22.0 Å². The zero-order valence-corrected chi connectivity index (χ0v) is 25.0. The highest BCUT2D eigenvalue weighted by Gasteiger charge is 2.31. The Morgan fingerprint density at radius 2 is 1.89 bits per heavy atom. The van der Waals surface area contributed by atoms with Crippen LogP contribution >= 0.6 is 0 Å². The summed E-state index contributed by atoms with van der Waals surface area (Å²) >= 11 is 0. The summed E-state index contributed by atoms with van der Waals surface area (Å²) in [5, 5.41) is 33.2. The van der Waals surface area contributed by atoms with Gasteiger partial charge in [0.1, 0.15) is 23.3 Å². The number of hydrogen-bond donors (Lipinski definition) is 4. The number of nitrogens with zero attached hydrogens (tertiary/aromatic N) is 7. The molecule has 1 aromatic carbocycles. The zero-order chi connectivity index (χ0) is 30.9. The van der Waals surface area contributed by atoms with Crippen LogP contribution in [0.1, 0.15) is 50.2 Å². The zero-order valence-electron chi connectivity index (χ0n) is 25.0. The van der Waals surface area contributed by atoms with Crippen molar-refractivity contribution in [1.29, 1.82) is 5.26 Å². The first kappa shape index (κ1) is 30.4. The Hall–Kier alpha value is -5.02. The molecule has 228 valence electrons. The second kappa shape index (κ2) is 14.4. The predicted molar refractivity (Wildman–Crippen MR) is 169 cm³/mol. The smallest absolute Gasteiger partial charge is 0.323 e. The molecule has 44 heavy (non-hydrogen) atoms. The van der Waals surface area contributed by atoms with Gasteiger partial charge >= 0.3 is 6.03 Å². The van der Waals surface area contributed by atoms with Crippen molar-refractivity contribution >= 4 is 23.6 Å². The molecule has 4 N–H and O–H groups in total. The number of aryl methyl sites for hydroxylation is 1. The Morgan fingerprint density at radius 1 is 1.09 bits per heavy atom. The van der Waals surface area contributed by atoms with Crippen molar-refractivity contribution in [3.8, 4) is 17.2 Å². The first-order chi connectivity index (χ1) is 21.4. The van der Waals surface area contributed by atoms with Crippen molar-refractivity contribution in [2.75, 3.05) is 22.1 Å². The number of aromatic nitrogens is 5. The molecule has 1 atom stereocenters. The lowest BCUT2D eigenvalue weighted by molar-refractivity contribution is 0.183. The number of rotatable bonds is 11. The molecule has 5 rings (SSSR count). The summed E-state index contributed by atoms with van der Waals surface area (Å²) in [6.45, 7) is 2.61. The number of aliphatic hydroxyl groups excluding tert-OH is 1. The van der Waals surface area contributed by atoms with Gasteiger partial charge in [0.25, 0.3) is 0 Å². The van der Waals surface area contributed by atoms with E-state index in [0.717, 1.165) is 42.4 Å². The molecule has 12 heteroatoms. The van der Waals surface area contributed by atoms with Crippen LogP contribution in [0.15, 0.2) is 67.3 Å². The molecule has 1 aliphatic carbocycles. The van der Waals surface area contributed by atoms with E-state index in [4.69, 9.17) is 4.98 Å². The minimum absolute atomic E-state index is 0.0461. The summed E-state index contributed by atoms with van der Waals surface area (Å²) in [6, 6.07) is 15.7. The standard InChI is InChI=1S/C32H38N10O2/c1-3-28(43)20-35-30-24(15-33)18-36-31(40-30)39-26-10-12-27(13-11-26)42(32(44)37-16-22-7-5-4-6-8-22)29-14-9-23(17-34-29)25-19-38-41(2)21-25/h4-9,14,17-19,21,26-28,43H,3,10-13,16,20H2,1-2H3,(H,37,44)(H2,35,36,39,40). The fourth-order valence-electron chi connectivity index (χ4n) is 5.27. The fourth-order valence-corrected chi connectivity index (χ4v) is 5.27. The minimum Gasteiger partial charge on any atom is -0.391 e. The van der Waals surface area contributed by atoms with Gasteiger partial charge in [-0.05, 0) is 49.8 Å². The first-order valence-corrected chi connectivity index (χ1v) is 14.9. The molecule has 2 amide bonds. The Balaban J connectivity index is 1.27. The van der Waals surface area contributed by atoms with Crippen LogP contribution in [0, 0.1) is 11.3 Å². The lowest BCUT2D eigenvalue weighted by Crippen LogP contribution is -2.49. The van der Waals surface area contributed by atoms with E-state index in [1.165, 1.54) is 6.20 Å². The first-order valence-electron chi connectivity index (χ1n) is 14.9. The number of anilines is 3. The number of amides is 2. The highest BCUT2D eigenvalue weighted by molar-refractivity contribution is 5.91. The van der Waals surface area contributed by atoms with Gasteiger partial charge in [-0.25, -0.2) is 14.8 Å². The van der Waals surface area contributed by atoms with Crippen molar-refractivity contribution in [2.24, 2.45) is 7.05 Å². The van der Waals surface area contributed by atoms with E-state index in [1.807, 2.05) is 62.6 Å². The van der Waals surface area contributed by atoms with E-state index in [-0.39, 0.29) is 18.1 Å². The van der Waals surface area contributed by atoms with Gasteiger partial charge in [0.05, 0.1) is 18.5 Å². The molecule has 1 aliphatic rings. The molecule has 1 unspecified atom stereocenters. The number of benzene rings is 1. The summed E-state index contributed by atoms with van der Waals surface area (Å²) in [5.41, 5.74) is 3.24. The van der Waals surface area contributed by atoms with Crippen LogP contribution in [0.4, 0.5) is 22.4 Å². The molecule has 0 saturated heterocycles. The highest BCUT2D eigenvalue weighted by Crippen LogP contribution is 2.29. The average Bonchev–Trinajstić information content (AvgIpc) is 3.50. The molecule has 0 radical (unpaired) electrons. The molecule has 12 nitrogen and oxygen atoms in total. The van der Waals surface area contributed by atoms with Gasteiger partial charge in [-0.3, -0.25) is 9.58 Å². The molecule has 3 aromatic heterocycles. The van der Waals surface area contributed by atoms with E-state index < -0.39 is 6.10 Å². The maximum absolute atomic E-state index is 13.7. The van der Waals surface area contributed by atoms with Crippen molar-refractivity contribution in [1.82, 2.24) is 30.0 Å². The van der Waals surface area contributed by atoms with E-state index in [0.29, 0.717) is 42.7 Å². The largest absolute Gasteiger partial charge is 0.391 e. The predicted octanol–water partition coefficient (Wildman–Crippen LogP) is 4.47. The maximum atomic E-state index is 13.7. The Kier molecular flexibility index (Phi) is 9.99. The summed E-state index contributed by atoms with van der Waals surface area (Å²) < 4.78 is 1.75. The number of aliphatic hydroxyl groups is 1. The van der Waals surface area contributed by atoms with Gasteiger partial charge in [-0.2, -0.15) is 15.3 Å². The molecule has 4 aromatic rings. The van der Waals surface area contributed by atoms with E-state index in [9.17, 15) is 15.2 Å². The fraction of sp³-hybridized carbons (Fsp3) is 0.375. The third-order valence-electron chi connectivity index (χ3n) is 7.82. The molecule has 0 spiro atoms. The second-order valence-electron chi connectivity index (χ2n) is 11.0.